The molecule has 4 N–H and O–H groups in total. The molecule has 1 aliphatic rings. The summed E-state index contributed by atoms with van der Waals surface area (Å²) in [5, 5.41) is 12.3. The maximum absolute atomic E-state index is 11.9. The summed E-state index contributed by atoms with van der Waals surface area (Å²) in [4.78, 5) is 11.9. The zero-order valence-electron chi connectivity index (χ0n) is 11.1. The fourth-order valence-electron chi connectivity index (χ4n) is 2.57. The summed E-state index contributed by atoms with van der Waals surface area (Å²) in [6.07, 6.45) is 2.97. The average Bonchev–Trinajstić information content (AvgIpc) is 2.83. The van der Waals surface area contributed by atoms with Crippen molar-refractivity contribution in [2.45, 2.75) is 37.8 Å². The van der Waals surface area contributed by atoms with Crippen LogP contribution in [0.5, 0.6) is 0 Å². The Bertz CT molecular complexity index is 408. The van der Waals surface area contributed by atoms with Crippen LogP contribution in [-0.2, 0) is 11.2 Å². The Hall–Kier alpha value is -1.39. The van der Waals surface area contributed by atoms with E-state index in [1.807, 2.05) is 30.3 Å². The van der Waals surface area contributed by atoms with Gasteiger partial charge in [-0.3, -0.25) is 4.79 Å². The minimum absolute atomic E-state index is 0.106. The Kier molecular flexibility index (Phi) is 4.93. The van der Waals surface area contributed by atoms with E-state index >= 15 is 0 Å². The molecule has 4 heteroatoms. The molecule has 104 valence electrons. The first-order valence-electron chi connectivity index (χ1n) is 6.90. The molecule has 0 spiro atoms. The molecule has 2 unspecified atom stereocenters. The minimum Gasteiger partial charge on any atom is -0.393 e. The molecule has 1 saturated carbocycles. The van der Waals surface area contributed by atoms with Crippen molar-refractivity contribution >= 4 is 5.91 Å². The molecule has 0 saturated heterocycles. The smallest absolute Gasteiger partial charge is 0.237 e. The lowest BCUT2D eigenvalue weighted by atomic mass is 10.1. The van der Waals surface area contributed by atoms with Crippen LogP contribution in [0.25, 0.3) is 0 Å². The van der Waals surface area contributed by atoms with Gasteiger partial charge in [0, 0.05) is 6.54 Å². The Balaban J connectivity index is 1.73. The number of aliphatic hydroxyl groups is 1. The van der Waals surface area contributed by atoms with Gasteiger partial charge in [0.25, 0.3) is 0 Å². The van der Waals surface area contributed by atoms with Crippen LogP contribution in [0.15, 0.2) is 30.3 Å². The molecule has 1 aromatic carbocycles. The van der Waals surface area contributed by atoms with E-state index in [2.05, 4.69) is 5.32 Å². The van der Waals surface area contributed by atoms with E-state index in [1.54, 1.807) is 0 Å². The van der Waals surface area contributed by atoms with Gasteiger partial charge in [0.1, 0.15) is 0 Å². The Morgan fingerprint density at radius 3 is 2.74 bits per heavy atom. The molecular formula is C15H22N2O2. The van der Waals surface area contributed by atoms with Crippen molar-refractivity contribution in [1.82, 2.24) is 5.32 Å². The number of rotatable bonds is 5. The number of carbonyl (C=O) groups is 1. The monoisotopic (exact) mass is 262 g/mol. The summed E-state index contributed by atoms with van der Waals surface area (Å²) in [6.45, 7) is 0.623. The molecule has 0 aromatic heterocycles. The van der Waals surface area contributed by atoms with Gasteiger partial charge in [-0.1, -0.05) is 30.3 Å². The van der Waals surface area contributed by atoms with Crippen molar-refractivity contribution in [3.8, 4) is 0 Å². The molecule has 4 nitrogen and oxygen atoms in total. The molecule has 2 rings (SSSR count). The molecule has 1 amide bonds. The maximum Gasteiger partial charge on any atom is 0.237 e. The Morgan fingerprint density at radius 2 is 2.11 bits per heavy atom. The predicted molar refractivity (Wildman–Crippen MR) is 74.5 cm³/mol. The van der Waals surface area contributed by atoms with Crippen molar-refractivity contribution in [1.29, 1.82) is 0 Å². The molecule has 3 atom stereocenters. The van der Waals surface area contributed by atoms with Gasteiger partial charge in [-0.25, -0.2) is 0 Å². The number of hydrogen-bond acceptors (Lipinski definition) is 3. The number of amides is 1. The van der Waals surface area contributed by atoms with Crippen LogP contribution in [0.3, 0.4) is 0 Å². The quantitative estimate of drug-likeness (QED) is 0.736. The van der Waals surface area contributed by atoms with Crippen molar-refractivity contribution in [2.24, 2.45) is 11.7 Å². The van der Waals surface area contributed by atoms with Crippen LogP contribution in [0, 0.1) is 5.92 Å². The molecular weight excluding hydrogens is 240 g/mol. The van der Waals surface area contributed by atoms with Gasteiger partial charge in [0.15, 0.2) is 0 Å². The molecule has 1 fully saturated rings. The second-order valence-electron chi connectivity index (χ2n) is 5.37. The van der Waals surface area contributed by atoms with E-state index in [-0.39, 0.29) is 12.0 Å². The first kappa shape index (κ1) is 14.0. The third kappa shape index (κ3) is 4.33. The van der Waals surface area contributed by atoms with E-state index in [1.165, 1.54) is 0 Å². The molecule has 0 heterocycles. The lowest BCUT2D eigenvalue weighted by Gasteiger charge is -2.15. The van der Waals surface area contributed by atoms with E-state index in [9.17, 15) is 9.90 Å². The van der Waals surface area contributed by atoms with Crippen LogP contribution in [0.4, 0.5) is 0 Å². The highest BCUT2D eigenvalue weighted by molar-refractivity contribution is 5.81. The molecule has 0 aliphatic heterocycles. The maximum atomic E-state index is 11.9. The van der Waals surface area contributed by atoms with Crippen molar-refractivity contribution in [3.63, 3.8) is 0 Å². The minimum atomic E-state index is -0.506. The van der Waals surface area contributed by atoms with Gasteiger partial charge in [0.2, 0.25) is 5.91 Å². The highest BCUT2D eigenvalue weighted by Crippen LogP contribution is 2.24. The van der Waals surface area contributed by atoms with E-state index in [4.69, 9.17) is 5.73 Å². The van der Waals surface area contributed by atoms with Gasteiger partial charge in [-0.15, -0.1) is 0 Å². The summed E-state index contributed by atoms with van der Waals surface area (Å²) < 4.78 is 0. The third-order valence-corrected chi connectivity index (χ3v) is 3.71. The first-order valence-corrected chi connectivity index (χ1v) is 6.90. The highest BCUT2D eigenvalue weighted by Gasteiger charge is 2.23. The number of hydrogen-bond donors (Lipinski definition) is 3. The zero-order valence-corrected chi connectivity index (χ0v) is 11.1. The van der Waals surface area contributed by atoms with E-state index < -0.39 is 6.04 Å². The highest BCUT2D eigenvalue weighted by atomic mass is 16.3. The number of nitrogens with one attached hydrogen (secondary N) is 1. The number of carbonyl (C=O) groups excluding carboxylic acids is 1. The fourth-order valence-corrected chi connectivity index (χ4v) is 2.57. The predicted octanol–water partition coefficient (Wildman–Crippen LogP) is 0.834. The standard InChI is InChI=1S/C15H22N2O2/c16-14(9-11-4-2-1-3-5-11)15(19)17-10-12-6-7-13(18)8-12/h1-5,12-14,18H,6-10,16H2,(H,17,19)/t12?,13?,14-/m0/s1. The second-order valence-corrected chi connectivity index (χ2v) is 5.37. The van der Waals surface area contributed by atoms with Gasteiger partial charge in [-0.2, -0.15) is 0 Å². The largest absolute Gasteiger partial charge is 0.393 e. The van der Waals surface area contributed by atoms with Crippen LogP contribution in [-0.4, -0.2) is 29.7 Å². The normalized spacial score (nSPS) is 24.1. The fraction of sp³-hybridized carbons (Fsp3) is 0.533. The lowest BCUT2D eigenvalue weighted by molar-refractivity contribution is -0.122. The van der Waals surface area contributed by atoms with Crippen molar-refractivity contribution in [2.75, 3.05) is 6.54 Å². The number of nitrogens with two attached hydrogens (primary N) is 1. The molecule has 1 aromatic rings. The molecule has 0 bridgehead atoms. The summed E-state index contributed by atoms with van der Waals surface area (Å²) >= 11 is 0. The summed E-state index contributed by atoms with van der Waals surface area (Å²) in [5.41, 5.74) is 6.97. The van der Waals surface area contributed by atoms with E-state index in [0.717, 1.165) is 24.8 Å². The molecule has 1 aliphatic carbocycles. The number of aliphatic hydroxyl groups excluding tert-OH is 1. The first-order chi connectivity index (χ1) is 9.15. The second kappa shape index (κ2) is 6.68. The topological polar surface area (TPSA) is 75.4 Å². The van der Waals surface area contributed by atoms with Crippen LogP contribution in [0.1, 0.15) is 24.8 Å². The van der Waals surface area contributed by atoms with Gasteiger partial charge < -0.3 is 16.2 Å². The lowest BCUT2D eigenvalue weighted by Crippen LogP contribution is -2.43. The summed E-state index contributed by atoms with van der Waals surface area (Å²) in [7, 11) is 0. The van der Waals surface area contributed by atoms with Gasteiger partial charge in [0.05, 0.1) is 12.1 Å². The third-order valence-electron chi connectivity index (χ3n) is 3.71. The summed E-state index contributed by atoms with van der Waals surface area (Å²) in [6, 6.07) is 9.27. The Morgan fingerprint density at radius 1 is 1.37 bits per heavy atom. The van der Waals surface area contributed by atoms with Crippen LogP contribution >= 0.6 is 0 Å². The Labute approximate surface area is 114 Å². The molecule has 0 radical (unpaired) electrons. The van der Waals surface area contributed by atoms with Crippen molar-refractivity contribution < 1.29 is 9.90 Å². The SMILES string of the molecule is N[C@@H](Cc1ccccc1)C(=O)NCC1CCC(O)C1. The van der Waals surface area contributed by atoms with Gasteiger partial charge in [-0.05, 0) is 37.2 Å². The van der Waals surface area contributed by atoms with Crippen molar-refractivity contribution in [3.05, 3.63) is 35.9 Å². The average molecular weight is 262 g/mol. The van der Waals surface area contributed by atoms with E-state index in [0.29, 0.717) is 18.9 Å². The zero-order chi connectivity index (χ0) is 13.7. The number of benzene rings is 1. The molecule has 19 heavy (non-hydrogen) atoms. The summed E-state index contributed by atoms with van der Waals surface area (Å²) in [5.74, 6) is 0.285. The van der Waals surface area contributed by atoms with Crippen LogP contribution in [0.2, 0.25) is 0 Å². The van der Waals surface area contributed by atoms with Gasteiger partial charge >= 0.3 is 0 Å². The van der Waals surface area contributed by atoms with Crippen LogP contribution < -0.4 is 11.1 Å².